The molecule has 102 valence electrons. The van der Waals surface area contributed by atoms with Crippen molar-refractivity contribution < 1.29 is 9.47 Å². The molecular weight excluding hydrogens is 308 g/mol. The first-order chi connectivity index (χ1) is 9.10. The van der Waals surface area contributed by atoms with Crippen LogP contribution in [0.15, 0.2) is 16.6 Å². The van der Waals surface area contributed by atoms with Crippen molar-refractivity contribution in [2.24, 2.45) is 5.92 Å². The Morgan fingerprint density at radius 1 is 1.37 bits per heavy atom. The summed E-state index contributed by atoms with van der Waals surface area (Å²) in [6.45, 7) is 4.63. The summed E-state index contributed by atoms with van der Waals surface area (Å²) in [7, 11) is 2.01. The number of hydrogen-bond donors (Lipinski definition) is 0. The molecule has 0 saturated heterocycles. The fraction of sp³-hybridized carbons (Fsp3) is 0.500. The van der Waals surface area contributed by atoms with Crippen LogP contribution in [0.4, 0.5) is 0 Å². The van der Waals surface area contributed by atoms with Gasteiger partial charge in [0.25, 0.3) is 0 Å². The van der Waals surface area contributed by atoms with E-state index in [4.69, 9.17) is 14.7 Å². The number of halogens is 1. The van der Waals surface area contributed by atoms with Crippen molar-refractivity contribution in [3.05, 3.63) is 22.2 Å². The molecule has 0 amide bonds. The summed E-state index contributed by atoms with van der Waals surface area (Å²) in [5.74, 6) is 1.61. The molecule has 1 aromatic carbocycles. The summed E-state index contributed by atoms with van der Waals surface area (Å²) in [4.78, 5) is 2.13. The number of fused-ring (bicyclic) bond motifs is 1. The quantitative estimate of drug-likeness (QED) is 0.854. The van der Waals surface area contributed by atoms with Crippen LogP contribution in [0.25, 0.3) is 0 Å². The third-order valence-corrected chi connectivity index (χ3v) is 3.70. The number of benzene rings is 1. The van der Waals surface area contributed by atoms with Crippen LogP contribution < -0.4 is 9.47 Å². The minimum Gasteiger partial charge on any atom is -0.486 e. The van der Waals surface area contributed by atoms with E-state index in [1.165, 1.54) is 0 Å². The van der Waals surface area contributed by atoms with Gasteiger partial charge in [-0.3, -0.25) is 0 Å². The van der Waals surface area contributed by atoms with Crippen LogP contribution in [-0.2, 0) is 6.54 Å². The zero-order chi connectivity index (χ0) is 13.8. The Morgan fingerprint density at radius 2 is 2.00 bits per heavy atom. The molecule has 0 bridgehead atoms. The lowest BCUT2D eigenvalue weighted by atomic mass is 10.1. The second kappa shape index (κ2) is 6.27. The van der Waals surface area contributed by atoms with E-state index >= 15 is 0 Å². The normalized spacial score (nSPS) is 15.1. The molecule has 1 aliphatic heterocycles. The molecule has 0 spiro atoms. The fourth-order valence-electron chi connectivity index (χ4n) is 2.09. The lowest BCUT2D eigenvalue weighted by molar-refractivity contribution is 0.171. The van der Waals surface area contributed by atoms with Gasteiger partial charge in [0, 0.05) is 17.6 Å². The SMILES string of the molecule is CC(C#N)CN(C)Cc1cc2c(cc1Br)OCCO2. The minimum atomic E-state index is 0.0287. The van der Waals surface area contributed by atoms with Crippen molar-refractivity contribution in [3.8, 4) is 17.6 Å². The van der Waals surface area contributed by atoms with Gasteiger partial charge in [-0.1, -0.05) is 15.9 Å². The van der Waals surface area contributed by atoms with Gasteiger partial charge >= 0.3 is 0 Å². The molecule has 5 heteroatoms. The van der Waals surface area contributed by atoms with Crippen molar-refractivity contribution in [1.29, 1.82) is 5.26 Å². The van der Waals surface area contributed by atoms with Crippen molar-refractivity contribution in [1.82, 2.24) is 4.90 Å². The van der Waals surface area contributed by atoms with Crippen molar-refractivity contribution in [3.63, 3.8) is 0 Å². The summed E-state index contributed by atoms with van der Waals surface area (Å²) in [6, 6.07) is 6.20. The molecule has 1 atom stereocenters. The topological polar surface area (TPSA) is 45.5 Å². The van der Waals surface area contributed by atoms with E-state index in [2.05, 4.69) is 26.9 Å². The molecule has 1 unspecified atom stereocenters. The van der Waals surface area contributed by atoms with Gasteiger partial charge in [0.05, 0.1) is 12.0 Å². The Balaban J connectivity index is 2.10. The number of nitrogens with zero attached hydrogens (tertiary/aromatic N) is 2. The molecule has 4 nitrogen and oxygen atoms in total. The maximum Gasteiger partial charge on any atom is 0.162 e. The first-order valence-electron chi connectivity index (χ1n) is 6.26. The van der Waals surface area contributed by atoms with Crippen LogP contribution in [0.3, 0.4) is 0 Å². The first-order valence-corrected chi connectivity index (χ1v) is 7.05. The Morgan fingerprint density at radius 3 is 2.63 bits per heavy atom. The van der Waals surface area contributed by atoms with E-state index in [0.717, 1.165) is 34.6 Å². The molecular formula is C14H17BrN2O2. The van der Waals surface area contributed by atoms with Gasteiger partial charge in [-0.15, -0.1) is 0 Å². The molecule has 0 aliphatic carbocycles. The number of nitriles is 1. The summed E-state index contributed by atoms with van der Waals surface area (Å²) in [5, 5.41) is 8.84. The van der Waals surface area contributed by atoms with Crippen LogP contribution >= 0.6 is 15.9 Å². The van der Waals surface area contributed by atoms with Gasteiger partial charge in [-0.2, -0.15) is 5.26 Å². The molecule has 1 heterocycles. The van der Waals surface area contributed by atoms with E-state index in [9.17, 15) is 0 Å². The molecule has 1 aliphatic rings. The molecule has 0 saturated carbocycles. The van der Waals surface area contributed by atoms with Crippen LogP contribution in [0, 0.1) is 17.2 Å². The average molecular weight is 325 g/mol. The Kier molecular flexibility index (Phi) is 4.67. The number of rotatable bonds is 4. The monoisotopic (exact) mass is 324 g/mol. The lowest BCUT2D eigenvalue weighted by Gasteiger charge is -2.22. The summed E-state index contributed by atoms with van der Waals surface area (Å²) in [6.07, 6.45) is 0. The molecule has 1 aromatic rings. The summed E-state index contributed by atoms with van der Waals surface area (Å²) >= 11 is 3.56. The molecule has 0 fully saturated rings. The van der Waals surface area contributed by atoms with E-state index < -0.39 is 0 Å². The smallest absolute Gasteiger partial charge is 0.162 e. The number of ether oxygens (including phenoxy) is 2. The molecule has 0 N–H and O–H groups in total. The standard InChI is InChI=1S/C14H17BrN2O2/c1-10(7-16)8-17(2)9-11-5-13-14(6-12(11)15)19-4-3-18-13/h5-6,10H,3-4,8-9H2,1-2H3. The van der Waals surface area contributed by atoms with Crippen LogP contribution in [-0.4, -0.2) is 31.7 Å². The minimum absolute atomic E-state index is 0.0287. The average Bonchev–Trinajstić information content (AvgIpc) is 2.39. The van der Waals surface area contributed by atoms with Crippen molar-refractivity contribution in [2.75, 3.05) is 26.8 Å². The predicted molar refractivity (Wildman–Crippen MR) is 76.2 cm³/mol. The van der Waals surface area contributed by atoms with Gasteiger partial charge in [0.2, 0.25) is 0 Å². The van der Waals surface area contributed by atoms with E-state index in [-0.39, 0.29) is 5.92 Å². The highest BCUT2D eigenvalue weighted by Crippen LogP contribution is 2.35. The van der Waals surface area contributed by atoms with Gasteiger partial charge in [-0.05, 0) is 31.7 Å². The fourth-order valence-corrected chi connectivity index (χ4v) is 2.54. The van der Waals surface area contributed by atoms with Gasteiger partial charge in [0.15, 0.2) is 11.5 Å². The van der Waals surface area contributed by atoms with E-state index in [1.807, 2.05) is 26.1 Å². The van der Waals surface area contributed by atoms with E-state index in [0.29, 0.717) is 13.2 Å². The molecule has 0 radical (unpaired) electrons. The predicted octanol–water partition coefficient (Wildman–Crippen LogP) is 2.81. The lowest BCUT2D eigenvalue weighted by Crippen LogP contribution is -2.24. The first kappa shape index (κ1) is 14.2. The Labute approximate surface area is 122 Å². The second-order valence-corrected chi connectivity index (χ2v) is 5.67. The molecule has 2 rings (SSSR count). The molecule has 19 heavy (non-hydrogen) atoms. The molecule has 0 aromatic heterocycles. The third-order valence-electron chi connectivity index (χ3n) is 2.96. The maximum absolute atomic E-state index is 8.84. The Hall–Kier alpha value is -1.25. The van der Waals surface area contributed by atoms with Gasteiger partial charge in [0.1, 0.15) is 13.2 Å². The van der Waals surface area contributed by atoms with Gasteiger partial charge in [-0.25, -0.2) is 0 Å². The Bertz CT molecular complexity index is 499. The second-order valence-electron chi connectivity index (χ2n) is 4.81. The van der Waals surface area contributed by atoms with Crippen LogP contribution in [0.2, 0.25) is 0 Å². The zero-order valence-corrected chi connectivity index (χ0v) is 12.7. The van der Waals surface area contributed by atoms with Crippen molar-refractivity contribution in [2.45, 2.75) is 13.5 Å². The van der Waals surface area contributed by atoms with E-state index in [1.54, 1.807) is 0 Å². The summed E-state index contributed by atoms with van der Waals surface area (Å²) in [5.41, 5.74) is 1.14. The zero-order valence-electron chi connectivity index (χ0n) is 11.1. The highest BCUT2D eigenvalue weighted by Gasteiger charge is 2.16. The largest absolute Gasteiger partial charge is 0.486 e. The van der Waals surface area contributed by atoms with Crippen LogP contribution in [0.1, 0.15) is 12.5 Å². The highest BCUT2D eigenvalue weighted by atomic mass is 79.9. The summed E-state index contributed by atoms with van der Waals surface area (Å²) < 4.78 is 12.1. The van der Waals surface area contributed by atoms with Gasteiger partial charge < -0.3 is 14.4 Å². The number of hydrogen-bond acceptors (Lipinski definition) is 4. The van der Waals surface area contributed by atoms with Crippen LogP contribution in [0.5, 0.6) is 11.5 Å². The highest BCUT2D eigenvalue weighted by molar-refractivity contribution is 9.10. The third kappa shape index (κ3) is 3.62. The van der Waals surface area contributed by atoms with Crippen molar-refractivity contribution >= 4 is 15.9 Å². The maximum atomic E-state index is 8.84.